The fourth-order valence-electron chi connectivity index (χ4n) is 1.93. The third kappa shape index (κ3) is 4.34. The van der Waals surface area contributed by atoms with E-state index < -0.39 is 0 Å². The summed E-state index contributed by atoms with van der Waals surface area (Å²) in [5.41, 5.74) is 0. The van der Waals surface area contributed by atoms with Crippen molar-refractivity contribution in [3.8, 4) is 0 Å². The van der Waals surface area contributed by atoms with E-state index >= 15 is 0 Å². The molecule has 1 amide bonds. The maximum absolute atomic E-state index is 11.1. The van der Waals surface area contributed by atoms with Gasteiger partial charge in [-0.1, -0.05) is 6.92 Å². The molecule has 1 aliphatic rings. The lowest BCUT2D eigenvalue weighted by Gasteiger charge is -2.27. The molecular weight excluding hydrogens is 258 g/mol. The minimum Gasteiger partial charge on any atom is -0.378 e. The fourth-order valence-corrected chi connectivity index (χ4v) is 1.93. The average Bonchev–Trinajstić information content (AvgIpc) is 2.52. The molecule has 110 valence electrons. The smallest absolute Gasteiger partial charge is 0.219 e. The first-order valence-electron chi connectivity index (χ1n) is 6.95. The summed E-state index contributed by atoms with van der Waals surface area (Å²) in [5.74, 6) is 1.74. The molecule has 2 rings (SSSR count). The maximum atomic E-state index is 11.1. The van der Waals surface area contributed by atoms with Gasteiger partial charge in [-0.3, -0.25) is 4.79 Å². The second kappa shape index (κ2) is 7.64. The third-order valence-corrected chi connectivity index (χ3v) is 3.06. The molecule has 7 heteroatoms. The van der Waals surface area contributed by atoms with Crippen LogP contribution >= 0.6 is 0 Å². The summed E-state index contributed by atoms with van der Waals surface area (Å²) in [7, 11) is 0. The maximum Gasteiger partial charge on any atom is 0.219 e. The number of amides is 1. The minimum absolute atomic E-state index is 0.0588. The highest BCUT2D eigenvalue weighted by atomic mass is 16.5. The Hall–Kier alpha value is -1.89. The molecule has 20 heavy (non-hydrogen) atoms. The van der Waals surface area contributed by atoms with E-state index in [-0.39, 0.29) is 5.91 Å². The van der Waals surface area contributed by atoms with E-state index in [2.05, 4.69) is 25.5 Å². The van der Waals surface area contributed by atoms with Crippen LogP contribution in [0.4, 0.5) is 11.6 Å². The van der Waals surface area contributed by atoms with Crippen molar-refractivity contribution in [1.29, 1.82) is 0 Å². The van der Waals surface area contributed by atoms with Gasteiger partial charge >= 0.3 is 0 Å². The standard InChI is InChI=1S/C13H21N5O2/c1-2-13(19)15-4-3-14-11-9-12(17-10-16-11)18-5-7-20-8-6-18/h9-10H,2-8H2,1H3,(H,15,19)(H,14,16,17). The predicted octanol–water partition coefficient (Wildman–Crippen LogP) is 0.251. The number of nitrogens with zero attached hydrogens (tertiary/aromatic N) is 3. The highest BCUT2D eigenvalue weighted by Crippen LogP contribution is 2.14. The average molecular weight is 279 g/mol. The summed E-state index contributed by atoms with van der Waals surface area (Å²) in [6, 6.07) is 1.92. The molecule has 0 spiro atoms. The normalized spacial score (nSPS) is 14.9. The van der Waals surface area contributed by atoms with Crippen LogP contribution in [0.15, 0.2) is 12.4 Å². The topological polar surface area (TPSA) is 79.4 Å². The summed E-state index contributed by atoms with van der Waals surface area (Å²) in [6.45, 7) is 6.23. The van der Waals surface area contributed by atoms with Crippen molar-refractivity contribution in [3.63, 3.8) is 0 Å². The molecule has 2 N–H and O–H groups in total. The van der Waals surface area contributed by atoms with Gasteiger partial charge < -0.3 is 20.3 Å². The van der Waals surface area contributed by atoms with E-state index in [1.165, 1.54) is 0 Å². The lowest BCUT2D eigenvalue weighted by atomic mass is 10.4. The molecule has 0 aromatic carbocycles. The van der Waals surface area contributed by atoms with E-state index in [1.807, 2.05) is 13.0 Å². The van der Waals surface area contributed by atoms with Gasteiger partial charge in [0.2, 0.25) is 5.91 Å². The van der Waals surface area contributed by atoms with E-state index in [0.29, 0.717) is 19.5 Å². The first kappa shape index (κ1) is 14.5. The number of carbonyl (C=O) groups excluding carboxylic acids is 1. The van der Waals surface area contributed by atoms with Crippen molar-refractivity contribution >= 4 is 17.5 Å². The van der Waals surface area contributed by atoms with Crippen LogP contribution in [-0.4, -0.2) is 55.3 Å². The third-order valence-electron chi connectivity index (χ3n) is 3.06. The zero-order valence-electron chi connectivity index (χ0n) is 11.8. The van der Waals surface area contributed by atoms with Crippen molar-refractivity contribution in [2.24, 2.45) is 0 Å². The molecule has 1 fully saturated rings. The number of hydrogen-bond donors (Lipinski definition) is 2. The van der Waals surface area contributed by atoms with Gasteiger partial charge in [-0.25, -0.2) is 9.97 Å². The molecular formula is C13H21N5O2. The molecule has 1 aromatic heterocycles. The van der Waals surface area contributed by atoms with Crippen molar-refractivity contribution < 1.29 is 9.53 Å². The molecule has 1 aliphatic heterocycles. The first-order chi connectivity index (χ1) is 9.79. The molecule has 0 unspecified atom stereocenters. The Balaban J connectivity index is 1.81. The molecule has 0 bridgehead atoms. The second-order valence-corrected chi connectivity index (χ2v) is 4.49. The van der Waals surface area contributed by atoms with Crippen LogP contribution in [0.5, 0.6) is 0 Å². The van der Waals surface area contributed by atoms with Gasteiger partial charge in [0.15, 0.2) is 0 Å². The van der Waals surface area contributed by atoms with E-state index in [9.17, 15) is 4.79 Å². The number of ether oxygens (including phenoxy) is 1. The number of morpholine rings is 1. The predicted molar refractivity (Wildman–Crippen MR) is 76.9 cm³/mol. The Morgan fingerprint density at radius 1 is 1.35 bits per heavy atom. The lowest BCUT2D eigenvalue weighted by molar-refractivity contribution is -0.120. The highest BCUT2D eigenvalue weighted by molar-refractivity contribution is 5.75. The Kier molecular flexibility index (Phi) is 5.55. The number of hydrogen-bond acceptors (Lipinski definition) is 6. The molecule has 0 saturated carbocycles. The quantitative estimate of drug-likeness (QED) is 0.727. The fraction of sp³-hybridized carbons (Fsp3) is 0.615. The summed E-state index contributed by atoms with van der Waals surface area (Å²) < 4.78 is 5.32. The summed E-state index contributed by atoms with van der Waals surface area (Å²) in [4.78, 5) is 21.7. The highest BCUT2D eigenvalue weighted by Gasteiger charge is 2.12. The van der Waals surface area contributed by atoms with Gasteiger partial charge in [-0.05, 0) is 0 Å². The van der Waals surface area contributed by atoms with Crippen molar-refractivity contribution in [2.75, 3.05) is 49.6 Å². The largest absolute Gasteiger partial charge is 0.378 e. The Bertz CT molecular complexity index is 435. The number of rotatable bonds is 6. The molecule has 2 heterocycles. The van der Waals surface area contributed by atoms with E-state index in [0.717, 1.165) is 37.9 Å². The van der Waals surface area contributed by atoms with Gasteiger partial charge in [0.05, 0.1) is 13.2 Å². The van der Waals surface area contributed by atoms with Gasteiger partial charge in [0.1, 0.15) is 18.0 Å². The van der Waals surface area contributed by atoms with Crippen molar-refractivity contribution in [2.45, 2.75) is 13.3 Å². The van der Waals surface area contributed by atoms with Gasteiger partial charge in [0, 0.05) is 38.7 Å². The van der Waals surface area contributed by atoms with Crippen LogP contribution in [0.1, 0.15) is 13.3 Å². The SMILES string of the molecule is CCC(=O)NCCNc1cc(N2CCOCC2)ncn1. The van der Waals surface area contributed by atoms with Crippen LogP contribution < -0.4 is 15.5 Å². The van der Waals surface area contributed by atoms with E-state index in [4.69, 9.17) is 4.74 Å². The van der Waals surface area contributed by atoms with Crippen LogP contribution in [0.2, 0.25) is 0 Å². The molecule has 1 saturated heterocycles. The number of anilines is 2. The molecule has 1 aromatic rings. The van der Waals surface area contributed by atoms with Crippen molar-refractivity contribution in [3.05, 3.63) is 12.4 Å². The Morgan fingerprint density at radius 2 is 2.15 bits per heavy atom. The Morgan fingerprint density at radius 3 is 2.90 bits per heavy atom. The van der Waals surface area contributed by atoms with Crippen LogP contribution in [-0.2, 0) is 9.53 Å². The number of carbonyl (C=O) groups is 1. The summed E-state index contributed by atoms with van der Waals surface area (Å²) >= 11 is 0. The Labute approximate surface area is 118 Å². The molecule has 0 aliphatic carbocycles. The van der Waals surface area contributed by atoms with Crippen LogP contribution in [0.25, 0.3) is 0 Å². The lowest BCUT2D eigenvalue weighted by Crippen LogP contribution is -2.36. The van der Waals surface area contributed by atoms with E-state index in [1.54, 1.807) is 6.33 Å². The van der Waals surface area contributed by atoms with Gasteiger partial charge in [-0.2, -0.15) is 0 Å². The minimum atomic E-state index is 0.0588. The van der Waals surface area contributed by atoms with Crippen molar-refractivity contribution in [1.82, 2.24) is 15.3 Å². The number of nitrogens with one attached hydrogen (secondary N) is 2. The summed E-state index contributed by atoms with van der Waals surface area (Å²) in [6.07, 6.45) is 2.06. The second-order valence-electron chi connectivity index (χ2n) is 4.49. The van der Waals surface area contributed by atoms with Crippen LogP contribution in [0, 0.1) is 0 Å². The molecule has 7 nitrogen and oxygen atoms in total. The molecule has 0 atom stereocenters. The zero-order chi connectivity index (χ0) is 14.2. The monoisotopic (exact) mass is 279 g/mol. The van der Waals surface area contributed by atoms with Gasteiger partial charge in [-0.15, -0.1) is 0 Å². The zero-order valence-corrected chi connectivity index (χ0v) is 11.8. The summed E-state index contributed by atoms with van der Waals surface area (Å²) in [5, 5.41) is 5.99. The van der Waals surface area contributed by atoms with Gasteiger partial charge in [0.25, 0.3) is 0 Å². The van der Waals surface area contributed by atoms with Crippen LogP contribution in [0.3, 0.4) is 0 Å². The number of aromatic nitrogens is 2. The first-order valence-corrected chi connectivity index (χ1v) is 6.95. The molecule has 0 radical (unpaired) electrons.